The van der Waals surface area contributed by atoms with Gasteiger partial charge >= 0.3 is 6.03 Å². The fourth-order valence-corrected chi connectivity index (χ4v) is 3.07. The van der Waals surface area contributed by atoms with Gasteiger partial charge in [0.1, 0.15) is 0 Å². The number of aliphatic hydroxyl groups excluding tert-OH is 1. The van der Waals surface area contributed by atoms with Gasteiger partial charge in [-0.15, -0.1) is 0 Å². The lowest BCUT2D eigenvalue weighted by molar-refractivity contribution is 0.0466. The number of halogens is 3. The zero-order valence-electron chi connectivity index (χ0n) is 13.3. The van der Waals surface area contributed by atoms with E-state index in [2.05, 4.69) is 0 Å². The van der Waals surface area contributed by atoms with Crippen molar-refractivity contribution in [2.75, 3.05) is 7.05 Å². The summed E-state index contributed by atoms with van der Waals surface area (Å²) in [5, 5.41) is 11.9. The van der Waals surface area contributed by atoms with Gasteiger partial charge in [-0.3, -0.25) is 9.80 Å². The number of hydrogen-bond acceptors (Lipinski definition) is 2. The summed E-state index contributed by atoms with van der Waals surface area (Å²) in [5.41, 5.74) is 2.15. The number of carbonyl (C=O) groups excluding carboxylic acids is 1. The molecular weight excluding hydrogens is 383 g/mol. The lowest BCUT2D eigenvalue weighted by Gasteiger charge is -2.37. The molecule has 0 bridgehead atoms. The van der Waals surface area contributed by atoms with E-state index in [-0.39, 0.29) is 12.6 Å². The minimum Gasteiger partial charge on any atom is -0.370 e. The molecule has 7 heteroatoms. The van der Waals surface area contributed by atoms with Gasteiger partial charge in [-0.05, 0) is 41.5 Å². The van der Waals surface area contributed by atoms with Crippen LogP contribution in [0, 0.1) is 0 Å². The van der Waals surface area contributed by atoms with E-state index in [4.69, 9.17) is 34.8 Å². The molecular formula is C18H15Cl3N2O2. The molecule has 2 aromatic carbocycles. The third-order valence-electron chi connectivity index (χ3n) is 4.00. The van der Waals surface area contributed by atoms with Crippen LogP contribution in [0.4, 0.5) is 4.79 Å². The first-order chi connectivity index (χ1) is 11.9. The minimum atomic E-state index is -1.05. The zero-order chi connectivity index (χ0) is 18.1. The quantitative estimate of drug-likeness (QED) is 0.802. The summed E-state index contributed by atoms with van der Waals surface area (Å²) >= 11 is 17.9. The highest BCUT2D eigenvalue weighted by Gasteiger charge is 2.31. The monoisotopic (exact) mass is 396 g/mol. The van der Waals surface area contributed by atoms with Crippen molar-refractivity contribution in [2.24, 2.45) is 0 Å². The van der Waals surface area contributed by atoms with E-state index in [0.717, 1.165) is 5.56 Å². The molecule has 1 N–H and O–H groups in total. The third kappa shape index (κ3) is 3.77. The molecule has 1 heterocycles. The number of nitrogens with zero attached hydrogens (tertiary/aromatic N) is 2. The largest absolute Gasteiger partial charge is 0.370 e. The Morgan fingerprint density at radius 3 is 2.36 bits per heavy atom. The summed E-state index contributed by atoms with van der Waals surface area (Å²) in [6.45, 7) is 0.270. The Labute approximate surface area is 160 Å². The highest BCUT2D eigenvalue weighted by Crippen LogP contribution is 2.31. The molecule has 0 radical (unpaired) electrons. The molecule has 1 aliphatic heterocycles. The zero-order valence-corrected chi connectivity index (χ0v) is 15.6. The number of urea groups is 1. The molecule has 0 aliphatic carbocycles. The van der Waals surface area contributed by atoms with Crippen LogP contribution >= 0.6 is 34.8 Å². The Hall–Kier alpha value is -1.72. The average Bonchev–Trinajstić information content (AvgIpc) is 2.59. The summed E-state index contributed by atoms with van der Waals surface area (Å²) < 4.78 is 0. The van der Waals surface area contributed by atoms with E-state index in [9.17, 15) is 9.90 Å². The summed E-state index contributed by atoms with van der Waals surface area (Å²) in [7, 11) is 1.65. The summed E-state index contributed by atoms with van der Waals surface area (Å²) in [4.78, 5) is 15.5. The molecule has 0 spiro atoms. The topological polar surface area (TPSA) is 43.8 Å². The number of carbonyl (C=O) groups is 1. The molecule has 2 amide bonds. The minimum absolute atomic E-state index is 0.270. The van der Waals surface area contributed by atoms with Crippen molar-refractivity contribution in [3.63, 3.8) is 0 Å². The maximum atomic E-state index is 12.7. The molecule has 0 saturated carbocycles. The summed E-state index contributed by atoms with van der Waals surface area (Å²) in [6.07, 6.45) is 0.556. The predicted molar refractivity (Wildman–Crippen MR) is 101 cm³/mol. The summed E-state index contributed by atoms with van der Waals surface area (Å²) in [5.74, 6) is 0. The van der Waals surface area contributed by atoms with Crippen LogP contribution in [-0.2, 0) is 6.54 Å². The van der Waals surface area contributed by atoms with Crippen LogP contribution in [0.1, 0.15) is 11.1 Å². The van der Waals surface area contributed by atoms with Crippen molar-refractivity contribution < 1.29 is 9.90 Å². The molecule has 130 valence electrons. The standard InChI is InChI=1S/C18H15Cl3N2O2/c1-22-16(12-4-7-14(20)15(21)8-12)9-17(24)23(18(22)25)10-11-2-5-13(19)6-3-11/h2-9,17,24H,10H2,1H3. The smallest absolute Gasteiger partial charge is 0.326 e. The molecule has 1 unspecified atom stereocenters. The number of benzene rings is 2. The van der Waals surface area contributed by atoms with Gasteiger partial charge in [-0.2, -0.15) is 0 Å². The van der Waals surface area contributed by atoms with Crippen LogP contribution in [0.15, 0.2) is 48.5 Å². The lowest BCUT2D eigenvalue weighted by Crippen LogP contribution is -2.48. The molecule has 2 aromatic rings. The maximum Gasteiger partial charge on any atom is 0.326 e. The first-order valence-corrected chi connectivity index (χ1v) is 8.64. The number of hydrogen-bond donors (Lipinski definition) is 1. The van der Waals surface area contributed by atoms with Gasteiger partial charge in [-0.25, -0.2) is 4.79 Å². The van der Waals surface area contributed by atoms with Gasteiger partial charge in [0.05, 0.1) is 22.3 Å². The highest BCUT2D eigenvalue weighted by atomic mass is 35.5. The van der Waals surface area contributed by atoms with Crippen molar-refractivity contribution in [2.45, 2.75) is 12.8 Å². The molecule has 4 nitrogen and oxygen atoms in total. The van der Waals surface area contributed by atoms with Crippen LogP contribution in [0.5, 0.6) is 0 Å². The molecule has 1 aliphatic rings. The third-order valence-corrected chi connectivity index (χ3v) is 4.99. The fourth-order valence-electron chi connectivity index (χ4n) is 2.64. The lowest BCUT2D eigenvalue weighted by atomic mass is 10.1. The van der Waals surface area contributed by atoms with Crippen molar-refractivity contribution in [1.82, 2.24) is 9.80 Å². The SMILES string of the molecule is CN1C(=O)N(Cc2ccc(Cl)cc2)C(O)C=C1c1ccc(Cl)c(Cl)c1. The average molecular weight is 398 g/mol. The highest BCUT2D eigenvalue weighted by molar-refractivity contribution is 6.42. The van der Waals surface area contributed by atoms with Crippen LogP contribution in [-0.4, -0.2) is 34.2 Å². The second-order valence-corrected chi connectivity index (χ2v) is 6.94. The Bertz CT molecular complexity index is 837. The van der Waals surface area contributed by atoms with Gasteiger partial charge in [0.2, 0.25) is 0 Å². The second kappa shape index (κ2) is 7.26. The van der Waals surface area contributed by atoms with Gasteiger partial charge in [0.15, 0.2) is 6.23 Å². The second-order valence-electron chi connectivity index (χ2n) is 5.69. The molecule has 25 heavy (non-hydrogen) atoms. The van der Waals surface area contributed by atoms with E-state index >= 15 is 0 Å². The van der Waals surface area contributed by atoms with E-state index in [1.54, 1.807) is 43.5 Å². The maximum absolute atomic E-state index is 12.7. The first kappa shape index (κ1) is 18.1. The number of amides is 2. The van der Waals surface area contributed by atoms with Crippen molar-refractivity contribution in [3.05, 3.63) is 74.7 Å². The Morgan fingerprint density at radius 2 is 1.72 bits per heavy atom. The Morgan fingerprint density at radius 1 is 1.04 bits per heavy atom. The van der Waals surface area contributed by atoms with E-state index < -0.39 is 6.23 Å². The number of aliphatic hydroxyl groups is 1. The van der Waals surface area contributed by atoms with Crippen LogP contribution < -0.4 is 0 Å². The Kier molecular flexibility index (Phi) is 5.25. The van der Waals surface area contributed by atoms with Gasteiger partial charge < -0.3 is 5.11 Å². The van der Waals surface area contributed by atoms with E-state index in [1.165, 1.54) is 9.80 Å². The van der Waals surface area contributed by atoms with Gasteiger partial charge in [0.25, 0.3) is 0 Å². The van der Waals surface area contributed by atoms with Crippen LogP contribution in [0.25, 0.3) is 5.70 Å². The van der Waals surface area contributed by atoms with Gasteiger partial charge in [-0.1, -0.05) is 53.0 Å². The van der Waals surface area contributed by atoms with Gasteiger partial charge in [0, 0.05) is 12.1 Å². The van der Waals surface area contributed by atoms with Crippen molar-refractivity contribution >= 4 is 46.5 Å². The molecule has 0 saturated heterocycles. The molecule has 0 fully saturated rings. The predicted octanol–water partition coefficient (Wildman–Crippen LogP) is 4.87. The normalized spacial score (nSPS) is 17.7. The van der Waals surface area contributed by atoms with Crippen LogP contribution in [0.3, 0.4) is 0 Å². The Balaban J connectivity index is 1.88. The van der Waals surface area contributed by atoms with Crippen LogP contribution in [0.2, 0.25) is 15.1 Å². The summed E-state index contributed by atoms with van der Waals surface area (Å²) in [6, 6.07) is 11.9. The van der Waals surface area contributed by atoms with Crippen molar-refractivity contribution in [1.29, 1.82) is 0 Å². The molecule has 0 aromatic heterocycles. The molecule has 1 atom stereocenters. The van der Waals surface area contributed by atoms with E-state index in [0.29, 0.717) is 26.3 Å². The first-order valence-electron chi connectivity index (χ1n) is 7.51. The van der Waals surface area contributed by atoms with E-state index in [1.807, 2.05) is 12.1 Å². The number of rotatable bonds is 3. The molecule has 3 rings (SSSR count). The van der Waals surface area contributed by atoms with Crippen molar-refractivity contribution in [3.8, 4) is 0 Å². The fraction of sp³-hybridized carbons (Fsp3) is 0.167.